The second-order valence-corrected chi connectivity index (χ2v) is 8.87. The summed E-state index contributed by atoms with van der Waals surface area (Å²) in [7, 11) is -4.06. The molecule has 0 radical (unpaired) electrons. The number of sulfonamides is 1. The first kappa shape index (κ1) is 19.1. The van der Waals surface area contributed by atoms with E-state index < -0.39 is 25.8 Å². The van der Waals surface area contributed by atoms with Gasteiger partial charge in [-0.2, -0.15) is 0 Å². The predicted octanol–water partition coefficient (Wildman–Crippen LogP) is 3.84. The molecule has 1 aliphatic rings. The molecule has 1 aliphatic heterocycles. The molecule has 0 aromatic heterocycles. The third-order valence-electron chi connectivity index (χ3n) is 3.97. The van der Waals surface area contributed by atoms with Gasteiger partial charge in [0.2, 0.25) is 0 Å². The van der Waals surface area contributed by atoms with Crippen LogP contribution in [0.1, 0.15) is 23.7 Å². The smallest absolute Gasteiger partial charge is 0.337 e. The molecule has 2 aromatic rings. The molecule has 1 amide bonds. The van der Waals surface area contributed by atoms with Gasteiger partial charge in [0.05, 0.1) is 17.0 Å². The van der Waals surface area contributed by atoms with Gasteiger partial charge >= 0.3 is 11.2 Å². The van der Waals surface area contributed by atoms with Gasteiger partial charge in [-0.1, -0.05) is 43.3 Å². The Hall–Kier alpha value is -2.65. The van der Waals surface area contributed by atoms with Crippen molar-refractivity contribution in [2.24, 2.45) is 4.99 Å². The Morgan fingerprint density at radius 3 is 2.52 bits per heavy atom. The molecule has 140 valence electrons. The zero-order valence-electron chi connectivity index (χ0n) is 14.2. The first-order valence-electron chi connectivity index (χ1n) is 8.04. The number of amides is 1. The molecule has 0 aliphatic carbocycles. The Kier molecular flexibility index (Phi) is 5.33. The van der Waals surface area contributed by atoms with Crippen LogP contribution < -0.4 is 4.72 Å². The van der Waals surface area contributed by atoms with Gasteiger partial charge in [0.1, 0.15) is 0 Å². The molecule has 0 bridgehead atoms. The van der Waals surface area contributed by atoms with Crippen LogP contribution >= 0.6 is 11.8 Å². The second kappa shape index (κ2) is 7.53. The number of carboxylic acids is 1. The monoisotopic (exact) mass is 404 g/mol. The maximum absolute atomic E-state index is 12.8. The van der Waals surface area contributed by atoms with Crippen molar-refractivity contribution in [3.05, 3.63) is 54.1 Å². The number of benzene rings is 2. The third-order valence-corrected chi connectivity index (χ3v) is 7.14. The molecule has 1 unspecified atom stereocenters. The largest absolute Gasteiger partial charge is 0.478 e. The molecule has 0 saturated carbocycles. The summed E-state index contributed by atoms with van der Waals surface area (Å²) in [6.07, 6.45) is 0.306. The van der Waals surface area contributed by atoms with E-state index in [9.17, 15) is 23.1 Å². The van der Waals surface area contributed by atoms with Crippen molar-refractivity contribution in [2.45, 2.75) is 17.9 Å². The zero-order chi connectivity index (χ0) is 19.6. The van der Waals surface area contributed by atoms with Crippen LogP contribution in [-0.4, -0.2) is 35.0 Å². The number of aliphatic imine (C=N–C) groups is 1. The quantitative estimate of drug-likeness (QED) is 0.756. The molecule has 0 fully saturated rings. The number of nitrogens with zero attached hydrogens (tertiary/aromatic N) is 1. The van der Waals surface area contributed by atoms with Gasteiger partial charge in [-0.25, -0.2) is 18.2 Å². The Labute approximate surface area is 160 Å². The number of nitrogens with one attached hydrogen (secondary N) is 1. The second-order valence-electron chi connectivity index (χ2n) is 5.75. The number of carbonyl (C=O) groups excluding carboxylic acids is 1. The number of thioether (sulfide) groups is 1. The van der Waals surface area contributed by atoms with Gasteiger partial charge in [-0.05, 0) is 41.4 Å². The highest BCUT2D eigenvalue weighted by Crippen LogP contribution is 2.32. The number of carboxylic acid groups (broad SMARTS) is 1. The third kappa shape index (κ3) is 4.04. The average Bonchev–Trinajstić information content (AvgIpc) is 3.04. The minimum Gasteiger partial charge on any atom is -0.478 e. The fraction of sp³-hybridized carbons (Fsp3) is 0.167. The number of rotatable bonds is 6. The SMILES string of the molecule is CCC1=NC(=O)SC1S(=O)(=O)Nc1cc(-c2ccccc2)ccc1C(=O)O. The molecule has 9 heteroatoms. The normalized spacial score (nSPS) is 16.9. The minimum atomic E-state index is -4.06. The number of hydrogen-bond acceptors (Lipinski definition) is 5. The summed E-state index contributed by atoms with van der Waals surface area (Å²) in [4.78, 5) is 26.8. The molecule has 0 saturated heterocycles. The van der Waals surface area contributed by atoms with E-state index in [1.54, 1.807) is 13.0 Å². The van der Waals surface area contributed by atoms with E-state index in [1.165, 1.54) is 12.1 Å². The van der Waals surface area contributed by atoms with Crippen LogP contribution in [0.15, 0.2) is 53.5 Å². The first-order chi connectivity index (χ1) is 12.8. The molecular weight excluding hydrogens is 388 g/mol. The van der Waals surface area contributed by atoms with Crippen molar-refractivity contribution in [3.63, 3.8) is 0 Å². The van der Waals surface area contributed by atoms with Crippen molar-refractivity contribution in [1.29, 1.82) is 0 Å². The molecule has 3 rings (SSSR count). The highest BCUT2D eigenvalue weighted by Gasteiger charge is 2.38. The Bertz CT molecular complexity index is 1030. The van der Waals surface area contributed by atoms with E-state index in [4.69, 9.17) is 0 Å². The lowest BCUT2D eigenvalue weighted by atomic mass is 10.0. The van der Waals surface area contributed by atoms with E-state index in [2.05, 4.69) is 9.71 Å². The van der Waals surface area contributed by atoms with E-state index >= 15 is 0 Å². The van der Waals surface area contributed by atoms with Crippen LogP contribution in [0.4, 0.5) is 10.5 Å². The summed E-state index contributed by atoms with van der Waals surface area (Å²) in [5.41, 5.74) is 1.49. The summed E-state index contributed by atoms with van der Waals surface area (Å²) in [5, 5.41) is 8.84. The van der Waals surface area contributed by atoms with Gasteiger partial charge in [0.25, 0.3) is 10.0 Å². The van der Waals surface area contributed by atoms with Gasteiger partial charge in [0, 0.05) is 0 Å². The number of carbonyl (C=O) groups is 2. The minimum absolute atomic E-state index is 0.0562. The highest BCUT2D eigenvalue weighted by molar-refractivity contribution is 8.24. The fourth-order valence-corrected chi connectivity index (χ4v) is 5.44. The summed E-state index contributed by atoms with van der Waals surface area (Å²) < 4.78 is 26.7. The molecule has 2 aromatic carbocycles. The molecule has 1 atom stereocenters. The Balaban J connectivity index is 2.01. The van der Waals surface area contributed by atoms with E-state index in [-0.39, 0.29) is 17.0 Å². The van der Waals surface area contributed by atoms with Gasteiger partial charge in [-0.15, -0.1) is 0 Å². The van der Waals surface area contributed by atoms with Crippen LogP contribution in [0.25, 0.3) is 11.1 Å². The number of anilines is 1. The highest BCUT2D eigenvalue weighted by atomic mass is 32.3. The van der Waals surface area contributed by atoms with E-state index in [1.807, 2.05) is 30.3 Å². The zero-order valence-corrected chi connectivity index (χ0v) is 15.9. The van der Waals surface area contributed by atoms with Crippen molar-refractivity contribution in [1.82, 2.24) is 0 Å². The molecule has 1 heterocycles. The van der Waals surface area contributed by atoms with Crippen LogP contribution in [0.2, 0.25) is 0 Å². The molecule has 7 nitrogen and oxygen atoms in total. The summed E-state index contributed by atoms with van der Waals surface area (Å²) in [6.45, 7) is 1.71. The van der Waals surface area contributed by atoms with Gasteiger partial charge < -0.3 is 5.11 Å². The fourth-order valence-electron chi connectivity index (χ4n) is 2.68. The van der Waals surface area contributed by atoms with Crippen molar-refractivity contribution >= 4 is 44.4 Å². The summed E-state index contributed by atoms with van der Waals surface area (Å²) in [5.74, 6) is -1.26. The lowest BCUT2D eigenvalue weighted by Gasteiger charge is -2.16. The van der Waals surface area contributed by atoms with Crippen LogP contribution in [0.5, 0.6) is 0 Å². The molecule has 2 N–H and O–H groups in total. The van der Waals surface area contributed by atoms with Crippen LogP contribution in [0.3, 0.4) is 0 Å². The molecule has 27 heavy (non-hydrogen) atoms. The Morgan fingerprint density at radius 1 is 1.19 bits per heavy atom. The lowest BCUT2D eigenvalue weighted by Crippen LogP contribution is -2.30. The molecule has 0 spiro atoms. The van der Waals surface area contributed by atoms with Gasteiger partial charge in [0.15, 0.2) is 4.58 Å². The summed E-state index contributed by atoms with van der Waals surface area (Å²) >= 11 is 0.599. The number of hydrogen-bond donors (Lipinski definition) is 2. The van der Waals surface area contributed by atoms with E-state index in [0.29, 0.717) is 23.7 Å². The maximum Gasteiger partial charge on any atom is 0.337 e. The van der Waals surface area contributed by atoms with Crippen molar-refractivity contribution in [2.75, 3.05) is 4.72 Å². The number of aromatic carboxylic acids is 1. The molecular formula is C18H16N2O5S2. The standard InChI is InChI=1S/C18H16N2O5S2/c1-2-14-17(26-18(23)19-14)27(24,25)20-15-10-12(8-9-13(15)16(21)22)11-6-4-3-5-7-11/h3-10,17,20H,2H2,1H3,(H,21,22). The predicted molar refractivity (Wildman–Crippen MR) is 106 cm³/mol. The Morgan fingerprint density at radius 2 is 1.89 bits per heavy atom. The van der Waals surface area contributed by atoms with Crippen LogP contribution in [-0.2, 0) is 10.0 Å². The average molecular weight is 404 g/mol. The summed E-state index contributed by atoms with van der Waals surface area (Å²) in [6, 6.07) is 13.6. The lowest BCUT2D eigenvalue weighted by molar-refractivity contribution is 0.0698. The topological polar surface area (TPSA) is 113 Å². The maximum atomic E-state index is 12.8. The van der Waals surface area contributed by atoms with Crippen molar-refractivity contribution < 1.29 is 23.1 Å². The van der Waals surface area contributed by atoms with Crippen LogP contribution in [0, 0.1) is 0 Å². The van der Waals surface area contributed by atoms with E-state index in [0.717, 1.165) is 5.56 Å². The first-order valence-corrected chi connectivity index (χ1v) is 10.5. The van der Waals surface area contributed by atoms with Crippen molar-refractivity contribution in [3.8, 4) is 11.1 Å². The van der Waals surface area contributed by atoms with Gasteiger partial charge in [-0.3, -0.25) is 9.52 Å².